The maximum atomic E-state index is 5.37. The van der Waals surface area contributed by atoms with Crippen molar-refractivity contribution < 1.29 is 4.74 Å². The Kier molecular flexibility index (Phi) is 2.44. The first-order chi connectivity index (χ1) is 5.47. The fraction of sp³-hybridized carbons (Fsp3) is 1.00. The number of ether oxygens (including phenoxy) is 1. The maximum absolute atomic E-state index is 5.37. The molecule has 0 unspecified atom stereocenters. The van der Waals surface area contributed by atoms with Gasteiger partial charge in [0.1, 0.15) is 0 Å². The van der Waals surface area contributed by atoms with Crippen molar-refractivity contribution in [2.24, 2.45) is 0 Å². The Bertz CT molecular complexity index is 115. The molecule has 0 saturated carbocycles. The number of rotatable bonds is 1. The first-order valence-corrected chi connectivity index (χ1v) is 4.78. The quantitative estimate of drug-likeness (QED) is 0.565. The van der Waals surface area contributed by atoms with Crippen molar-refractivity contribution in [3.05, 3.63) is 0 Å². The minimum Gasteiger partial charge on any atom is -0.380 e. The molecule has 2 saturated heterocycles. The van der Waals surface area contributed by atoms with Crippen LogP contribution in [0.2, 0.25) is 0 Å². The van der Waals surface area contributed by atoms with Crippen LogP contribution in [0.4, 0.5) is 0 Å². The Balaban J connectivity index is 1.82. The minimum absolute atomic E-state index is 0.760. The second kappa shape index (κ2) is 3.55. The van der Waals surface area contributed by atoms with Crippen molar-refractivity contribution in [1.29, 1.82) is 0 Å². The Labute approximate surface area is 68.5 Å². The monoisotopic (exact) mass is 155 g/mol. The van der Waals surface area contributed by atoms with Gasteiger partial charge in [0.25, 0.3) is 0 Å². The van der Waals surface area contributed by atoms with E-state index in [4.69, 9.17) is 4.74 Å². The molecule has 0 N–H and O–H groups in total. The van der Waals surface area contributed by atoms with Gasteiger partial charge in [-0.1, -0.05) is 6.42 Å². The van der Waals surface area contributed by atoms with Gasteiger partial charge in [-0.3, -0.25) is 4.90 Å². The Morgan fingerprint density at radius 3 is 2.55 bits per heavy atom. The van der Waals surface area contributed by atoms with E-state index in [9.17, 15) is 0 Å². The molecule has 2 aliphatic heterocycles. The van der Waals surface area contributed by atoms with Crippen molar-refractivity contribution in [1.82, 2.24) is 4.90 Å². The molecular weight excluding hydrogens is 138 g/mol. The lowest BCUT2D eigenvalue weighted by atomic mass is 10.1. The molecular formula is C9H17NO. The summed E-state index contributed by atoms with van der Waals surface area (Å²) in [6, 6.07) is 0.760. The van der Waals surface area contributed by atoms with Crippen LogP contribution >= 0.6 is 0 Å². The molecule has 2 aliphatic rings. The van der Waals surface area contributed by atoms with Crippen LogP contribution in [0.15, 0.2) is 0 Å². The van der Waals surface area contributed by atoms with Crippen molar-refractivity contribution in [3.63, 3.8) is 0 Å². The minimum atomic E-state index is 0.760. The third kappa shape index (κ3) is 1.74. The van der Waals surface area contributed by atoms with Gasteiger partial charge in [-0.15, -0.1) is 0 Å². The standard InChI is InChI=1S/C9H17NO/c1-2-5-10(6-3-1)9-4-7-11-8-9/h9H,1-8H2/t9-/m0/s1. The Hall–Kier alpha value is -0.0800. The van der Waals surface area contributed by atoms with E-state index in [-0.39, 0.29) is 0 Å². The van der Waals surface area contributed by atoms with Gasteiger partial charge in [0.05, 0.1) is 6.61 Å². The lowest BCUT2D eigenvalue weighted by molar-refractivity contribution is 0.128. The van der Waals surface area contributed by atoms with E-state index in [1.54, 1.807) is 0 Å². The largest absolute Gasteiger partial charge is 0.380 e. The van der Waals surface area contributed by atoms with Crippen LogP contribution in [0.1, 0.15) is 25.7 Å². The SMILES string of the molecule is C1CCN([C@H]2CCOC2)CC1. The van der Waals surface area contributed by atoms with Crippen LogP contribution in [-0.2, 0) is 4.74 Å². The average Bonchev–Trinajstić information content (AvgIpc) is 2.58. The van der Waals surface area contributed by atoms with Gasteiger partial charge in [0.2, 0.25) is 0 Å². The second-order valence-electron chi connectivity index (χ2n) is 3.61. The van der Waals surface area contributed by atoms with Crippen LogP contribution in [0.5, 0.6) is 0 Å². The van der Waals surface area contributed by atoms with Crippen molar-refractivity contribution >= 4 is 0 Å². The molecule has 2 heterocycles. The molecule has 2 nitrogen and oxygen atoms in total. The third-order valence-corrected chi connectivity index (χ3v) is 2.81. The predicted molar refractivity (Wildman–Crippen MR) is 44.6 cm³/mol. The van der Waals surface area contributed by atoms with Gasteiger partial charge < -0.3 is 4.74 Å². The van der Waals surface area contributed by atoms with E-state index >= 15 is 0 Å². The highest BCUT2D eigenvalue weighted by atomic mass is 16.5. The van der Waals surface area contributed by atoms with E-state index < -0.39 is 0 Å². The van der Waals surface area contributed by atoms with Crippen molar-refractivity contribution in [3.8, 4) is 0 Å². The topological polar surface area (TPSA) is 12.5 Å². The normalized spacial score (nSPS) is 34.4. The van der Waals surface area contributed by atoms with Gasteiger partial charge in [-0.2, -0.15) is 0 Å². The molecule has 0 aromatic carbocycles. The van der Waals surface area contributed by atoms with Crippen LogP contribution < -0.4 is 0 Å². The molecule has 64 valence electrons. The van der Waals surface area contributed by atoms with Crippen LogP contribution in [0, 0.1) is 0 Å². The van der Waals surface area contributed by atoms with E-state index in [0.29, 0.717) is 0 Å². The number of nitrogens with zero attached hydrogens (tertiary/aromatic N) is 1. The first-order valence-electron chi connectivity index (χ1n) is 4.78. The lowest BCUT2D eigenvalue weighted by Crippen LogP contribution is -2.39. The van der Waals surface area contributed by atoms with E-state index in [0.717, 1.165) is 19.3 Å². The summed E-state index contributed by atoms with van der Waals surface area (Å²) in [6.07, 6.45) is 5.50. The lowest BCUT2D eigenvalue weighted by Gasteiger charge is -2.31. The first kappa shape index (κ1) is 7.56. The summed E-state index contributed by atoms with van der Waals surface area (Å²) in [5, 5.41) is 0. The molecule has 0 aliphatic carbocycles. The van der Waals surface area contributed by atoms with E-state index in [1.807, 2.05) is 0 Å². The summed E-state index contributed by atoms with van der Waals surface area (Å²) in [4.78, 5) is 2.61. The molecule has 0 aromatic rings. The summed E-state index contributed by atoms with van der Waals surface area (Å²) in [6.45, 7) is 4.60. The molecule has 11 heavy (non-hydrogen) atoms. The van der Waals surface area contributed by atoms with Crippen LogP contribution in [0.25, 0.3) is 0 Å². The van der Waals surface area contributed by atoms with Gasteiger partial charge in [0, 0.05) is 12.6 Å². The molecule has 1 atom stereocenters. The zero-order valence-electron chi connectivity index (χ0n) is 7.09. The zero-order valence-corrected chi connectivity index (χ0v) is 7.09. The zero-order chi connectivity index (χ0) is 7.52. The van der Waals surface area contributed by atoms with E-state index in [2.05, 4.69) is 4.90 Å². The predicted octanol–water partition coefficient (Wildman–Crippen LogP) is 1.26. The smallest absolute Gasteiger partial charge is 0.0622 e. The van der Waals surface area contributed by atoms with Gasteiger partial charge in [-0.05, 0) is 32.4 Å². The van der Waals surface area contributed by atoms with Crippen molar-refractivity contribution in [2.45, 2.75) is 31.7 Å². The van der Waals surface area contributed by atoms with Crippen molar-refractivity contribution in [2.75, 3.05) is 26.3 Å². The highest BCUT2D eigenvalue weighted by molar-refractivity contribution is 4.77. The highest BCUT2D eigenvalue weighted by Gasteiger charge is 2.23. The highest BCUT2D eigenvalue weighted by Crippen LogP contribution is 2.17. The summed E-state index contributed by atoms with van der Waals surface area (Å²) in [5.41, 5.74) is 0. The van der Waals surface area contributed by atoms with Gasteiger partial charge in [-0.25, -0.2) is 0 Å². The molecule has 0 radical (unpaired) electrons. The summed E-state index contributed by atoms with van der Waals surface area (Å²) >= 11 is 0. The average molecular weight is 155 g/mol. The van der Waals surface area contributed by atoms with Crippen LogP contribution in [-0.4, -0.2) is 37.2 Å². The van der Waals surface area contributed by atoms with E-state index in [1.165, 1.54) is 38.8 Å². The molecule has 2 fully saturated rings. The molecule has 2 heteroatoms. The number of piperidine rings is 1. The number of hydrogen-bond donors (Lipinski definition) is 0. The summed E-state index contributed by atoms with van der Waals surface area (Å²) in [5.74, 6) is 0. The number of hydrogen-bond acceptors (Lipinski definition) is 2. The van der Waals surface area contributed by atoms with Gasteiger partial charge in [0.15, 0.2) is 0 Å². The molecule has 2 rings (SSSR count). The Morgan fingerprint density at radius 2 is 1.91 bits per heavy atom. The molecule has 0 aromatic heterocycles. The fourth-order valence-corrected chi connectivity index (χ4v) is 2.09. The molecule has 0 amide bonds. The molecule has 0 spiro atoms. The van der Waals surface area contributed by atoms with Gasteiger partial charge >= 0.3 is 0 Å². The fourth-order valence-electron chi connectivity index (χ4n) is 2.09. The summed E-state index contributed by atoms with van der Waals surface area (Å²) < 4.78 is 5.37. The maximum Gasteiger partial charge on any atom is 0.0622 e. The number of likely N-dealkylation sites (tertiary alicyclic amines) is 1. The van der Waals surface area contributed by atoms with Crippen LogP contribution in [0.3, 0.4) is 0 Å². The summed E-state index contributed by atoms with van der Waals surface area (Å²) in [7, 11) is 0. The molecule has 0 bridgehead atoms. The second-order valence-corrected chi connectivity index (χ2v) is 3.61. The Morgan fingerprint density at radius 1 is 1.09 bits per heavy atom. The third-order valence-electron chi connectivity index (χ3n) is 2.81.